The van der Waals surface area contributed by atoms with E-state index in [1.165, 1.54) is 26.2 Å². The number of hydrogen-bond donors (Lipinski definition) is 2. The fourth-order valence-electron chi connectivity index (χ4n) is 2.94. The molecule has 3 aromatic rings. The number of halogens is 2. The largest absolute Gasteiger partial charge is 0.391 e. The first-order chi connectivity index (χ1) is 13.4. The van der Waals surface area contributed by atoms with Gasteiger partial charge in [0.1, 0.15) is 0 Å². The van der Waals surface area contributed by atoms with Crippen LogP contribution in [0.2, 0.25) is 0 Å². The van der Waals surface area contributed by atoms with Crippen LogP contribution in [-0.2, 0) is 12.2 Å². The maximum atomic E-state index is 13.3. The van der Waals surface area contributed by atoms with E-state index < -0.39 is 11.8 Å². The molecule has 146 valence electrons. The number of nitrogens with one attached hydrogen (secondary N) is 1. The van der Waals surface area contributed by atoms with E-state index in [1.54, 1.807) is 12.1 Å². The van der Waals surface area contributed by atoms with Crippen LogP contribution in [-0.4, -0.2) is 31.4 Å². The molecule has 0 amide bonds. The molecule has 2 N–H and O–H groups in total. The summed E-state index contributed by atoms with van der Waals surface area (Å²) in [4.78, 5) is 1.41. The third-order valence-electron chi connectivity index (χ3n) is 4.69. The normalized spacial score (nSPS) is 15.4. The van der Waals surface area contributed by atoms with Gasteiger partial charge in [0, 0.05) is 22.5 Å². The first-order valence-corrected chi connectivity index (χ1v) is 9.57. The lowest BCUT2D eigenvalue weighted by Crippen LogP contribution is -2.19. The fourth-order valence-corrected chi connectivity index (χ4v) is 3.14. The fraction of sp³-hybridized carbons (Fsp3) is 0.316. The van der Waals surface area contributed by atoms with Gasteiger partial charge in [-0.25, -0.2) is 0 Å². The monoisotopic (exact) mass is 403 g/mol. The standard InChI is InChI=1S/C19H20F2N5OP/c20-19(21,28)13-7-9-14(10-8-13)22-16-4-2-1-3-15(16)18-23-25-26(24-18)11-17(27)12-5-6-12/h1-4,7-10,12,17,22,27H,5-6,11,28H2. The summed E-state index contributed by atoms with van der Waals surface area (Å²) >= 11 is 0. The van der Waals surface area contributed by atoms with Gasteiger partial charge >= 0.3 is 0 Å². The first kappa shape index (κ1) is 18.9. The van der Waals surface area contributed by atoms with Gasteiger partial charge in [0.25, 0.3) is 5.66 Å². The van der Waals surface area contributed by atoms with Crippen molar-refractivity contribution in [3.63, 3.8) is 0 Å². The van der Waals surface area contributed by atoms with Gasteiger partial charge in [0.05, 0.1) is 12.6 Å². The molecule has 0 bridgehead atoms. The average molecular weight is 403 g/mol. The zero-order valence-corrected chi connectivity index (χ0v) is 16.1. The second kappa shape index (κ2) is 7.53. The van der Waals surface area contributed by atoms with Crippen LogP contribution in [0.25, 0.3) is 11.4 Å². The predicted molar refractivity (Wildman–Crippen MR) is 105 cm³/mol. The van der Waals surface area contributed by atoms with E-state index in [2.05, 4.69) is 20.7 Å². The summed E-state index contributed by atoms with van der Waals surface area (Å²) in [5.74, 6) is 0.763. The van der Waals surface area contributed by atoms with Crippen molar-refractivity contribution in [2.45, 2.75) is 31.2 Å². The van der Waals surface area contributed by atoms with E-state index in [4.69, 9.17) is 0 Å². The molecule has 1 saturated carbocycles. The number of alkyl halides is 2. The van der Waals surface area contributed by atoms with E-state index in [0.29, 0.717) is 24.0 Å². The summed E-state index contributed by atoms with van der Waals surface area (Å²) in [6.07, 6.45) is 1.62. The number of tetrazole rings is 1. The van der Waals surface area contributed by atoms with Gasteiger partial charge in [-0.3, -0.25) is 0 Å². The SMILES string of the molecule is OC(Cn1nnc(-c2ccccc2Nc2ccc(C(F)(F)P)cc2)n1)C1CC1. The summed E-state index contributed by atoms with van der Waals surface area (Å²) in [6, 6.07) is 13.4. The smallest absolute Gasteiger partial charge is 0.283 e. The second-order valence-electron chi connectivity index (χ2n) is 6.94. The summed E-state index contributed by atoms with van der Waals surface area (Å²) in [5.41, 5.74) is -0.897. The molecule has 1 aliphatic carbocycles. The number of aliphatic hydroxyl groups is 1. The Balaban J connectivity index is 1.53. The van der Waals surface area contributed by atoms with Crippen LogP contribution in [0.3, 0.4) is 0 Å². The summed E-state index contributed by atoms with van der Waals surface area (Å²) in [6.45, 7) is 0.317. The van der Waals surface area contributed by atoms with Crippen LogP contribution in [0.15, 0.2) is 48.5 Å². The lowest BCUT2D eigenvalue weighted by Gasteiger charge is -2.13. The molecular weight excluding hydrogens is 383 g/mol. The summed E-state index contributed by atoms with van der Waals surface area (Å²) in [7, 11) is 1.53. The van der Waals surface area contributed by atoms with Crippen molar-refractivity contribution in [2.75, 3.05) is 5.32 Å². The summed E-state index contributed by atoms with van der Waals surface area (Å²) < 4.78 is 26.7. The van der Waals surface area contributed by atoms with E-state index in [-0.39, 0.29) is 5.56 Å². The lowest BCUT2D eigenvalue weighted by atomic mass is 10.1. The second-order valence-corrected chi connectivity index (χ2v) is 7.67. The number of aromatic nitrogens is 4. The van der Waals surface area contributed by atoms with Crippen LogP contribution in [0.5, 0.6) is 0 Å². The van der Waals surface area contributed by atoms with Crippen molar-refractivity contribution in [2.24, 2.45) is 5.92 Å². The van der Waals surface area contributed by atoms with Crippen molar-refractivity contribution < 1.29 is 13.9 Å². The van der Waals surface area contributed by atoms with Gasteiger partial charge in [0.15, 0.2) is 0 Å². The van der Waals surface area contributed by atoms with Crippen molar-refractivity contribution >= 4 is 20.6 Å². The average Bonchev–Trinajstić information content (AvgIpc) is 3.42. The molecule has 1 fully saturated rings. The molecule has 1 heterocycles. The number of aliphatic hydroxyl groups excluding tert-OH is 1. The molecule has 0 radical (unpaired) electrons. The zero-order chi connectivity index (χ0) is 19.7. The van der Waals surface area contributed by atoms with Crippen LogP contribution < -0.4 is 5.32 Å². The van der Waals surface area contributed by atoms with Gasteiger partial charge in [-0.15, -0.1) is 10.2 Å². The molecule has 9 heteroatoms. The highest BCUT2D eigenvalue weighted by molar-refractivity contribution is 7.17. The molecule has 28 heavy (non-hydrogen) atoms. The Bertz CT molecular complexity index is 953. The topological polar surface area (TPSA) is 75.9 Å². The highest BCUT2D eigenvalue weighted by Gasteiger charge is 2.30. The maximum absolute atomic E-state index is 13.3. The molecule has 4 rings (SSSR count). The van der Waals surface area contributed by atoms with Crippen molar-refractivity contribution in [1.82, 2.24) is 20.2 Å². The van der Waals surface area contributed by atoms with Crippen LogP contribution in [0, 0.1) is 5.92 Å². The van der Waals surface area contributed by atoms with Crippen LogP contribution >= 0.6 is 9.24 Å². The van der Waals surface area contributed by atoms with E-state index in [1.807, 2.05) is 24.3 Å². The third kappa shape index (κ3) is 4.34. The molecule has 0 spiro atoms. The molecule has 0 aliphatic heterocycles. The van der Waals surface area contributed by atoms with Crippen molar-refractivity contribution in [3.05, 3.63) is 54.1 Å². The minimum atomic E-state index is -2.95. The Morgan fingerprint density at radius 2 is 1.89 bits per heavy atom. The van der Waals surface area contributed by atoms with Crippen molar-refractivity contribution in [3.8, 4) is 11.4 Å². The summed E-state index contributed by atoms with van der Waals surface area (Å²) in [5, 5.41) is 25.8. The van der Waals surface area contributed by atoms with Crippen LogP contribution in [0.1, 0.15) is 18.4 Å². The van der Waals surface area contributed by atoms with Gasteiger partial charge < -0.3 is 10.4 Å². The first-order valence-electron chi connectivity index (χ1n) is 9.00. The van der Waals surface area contributed by atoms with E-state index in [0.717, 1.165) is 24.1 Å². The number of nitrogens with zero attached hydrogens (tertiary/aromatic N) is 4. The predicted octanol–water partition coefficient (Wildman–Crippen LogP) is 3.78. The molecule has 2 unspecified atom stereocenters. The number of rotatable bonds is 7. The van der Waals surface area contributed by atoms with Gasteiger partial charge in [0.2, 0.25) is 5.82 Å². The van der Waals surface area contributed by atoms with Crippen LogP contribution in [0.4, 0.5) is 20.2 Å². The molecule has 1 aromatic heterocycles. The number of para-hydroxylation sites is 1. The molecule has 2 atom stereocenters. The molecule has 1 aliphatic rings. The Morgan fingerprint density at radius 3 is 2.57 bits per heavy atom. The minimum absolute atomic E-state index is 0.0739. The molecular formula is C19H20F2N5OP. The molecule has 0 saturated heterocycles. The molecule has 2 aromatic carbocycles. The minimum Gasteiger partial charge on any atom is -0.391 e. The molecule has 6 nitrogen and oxygen atoms in total. The van der Waals surface area contributed by atoms with E-state index in [9.17, 15) is 13.9 Å². The Labute approximate surface area is 163 Å². The van der Waals surface area contributed by atoms with Crippen molar-refractivity contribution in [1.29, 1.82) is 0 Å². The Kier molecular flexibility index (Phi) is 5.08. The number of anilines is 2. The Hall–Kier alpha value is -2.44. The Morgan fingerprint density at radius 1 is 1.18 bits per heavy atom. The lowest BCUT2D eigenvalue weighted by molar-refractivity contribution is 0.104. The van der Waals surface area contributed by atoms with Gasteiger partial charge in [-0.1, -0.05) is 33.5 Å². The maximum Gasteiger partial charge on any atom is 0.283 e. The van der Waals surface area contributed by atoms with Gasteiger partial charge in [-0.2, -0.15) is 13.6 Å². The number of benzene rings is 2. The van der Waals surface area contributed by atoms with E-state index >= 15 is 0 Å². The number of hydrogen-bond acceptors (Lipinski definition) is 5. The quantitative estimate of drug-likeness (QED) is 0.588. The zero-order valence-electron chi connectivity index (χ0n) is 15.0. The van der Waals surface area contributed by atoms with Gasteiger partial charge in [-0.05, 0) is 48.2 Å². The highest BCUT2D eigenvalue weighted by Crippen LogP contribution is 2.36. The highest BCUT2D eigenvalue weighted by atomic mass is 31.0. The third-order valence-corrected chi connectivity index (χ3v) is 5.02.